The molecule has 3 nitrogen and oxygen atoms in total. The molecule has 1 atom stereocenters. The van der Waals surface area contributed by atoms with E-state index in [-0.39, 0.29) is 0 Å². The van der Waals surface area contributed by atoms with Crippen molar-refractivity contribution in [3.63, 3.8) is 0 Å². The maximum absolute atomic E-state index is 5.88. The van der Waals surface area contributed by atoms with Crippen LogP contribution in [0.4, 0.5) is 0 Å². The van der Waals surface area contributed by atoms with Crippen LogP contribution in [-0.4, -0.2) is 15.6 Å². The third-order valence-electron chi connectivity index (χ3n) is 3.21. The minimum absolute atomic E-state index is 0.406. The Labute approximate surface area is 119 Å². The fourth-order valence-corrected chi connectivity index (χ4v) is 2.23. The Morgan fingerprint density at radius 1 is 1.32 bits per heavy atom. The van der Waals surface area contributed by atoms with Crippen LogP contribution in [-0.2, 0) is 19.5 Å². The van der Waals surface area contributed by atoms with Gasteiger partial charge < -0.3 is 9.88 Å². The van der Waals surface area contributed by atoms with Crippen LogP contribution in [0.3, 0.4) is 0 Å². The van der Waals surface area contributed by atoms with Crippen molar-refractivity contribution in [3.05, 3.63) is 53.1 Å². The second-order valence-electron chi connectivity index (χ2n) is 4.74. The average molecular weight is 278 g/mol. The van der Waals surface area contributed by atoms with Crippen LogP contribution in [0.5, 0.6) is 0 Å². The van der Waals surface area contributed by atoms with Gasteiger partial charge in [0.15, 0.2) is 0 Å². The Kier molecular flexibility index (Phi) is 5.00. The molecule has 19 heavy (non-hydrogen) atoms. The van der Waals surface area contributed by atoms with Crippen molar-refractivity contribution in [1.29, 1.82) is 0 Å². The molecule has 1 heterocycles. The minimum Gasteiger partial charge on any atom is -0.334 e. The van der Waals surface area contributed by atoms with Crippen LogP contribution < -0.4 is 5.32 Å². The molecule has 0 aliphatic heterocycles. The Bertz CT molecular complexity index is 504. The molecule has 1 aromatic carbocycles. The molecule has 0 amide bonds. The Balaban J connectivity index is 1.84. The molecule has 2 rings (SSSR count). The van der Waals surface area contributed by atoms with Crippen molar-refractivity contribution in [2.24, 2.45) is 0 Å². The second kappa shape index (κ2) is 6.73. The monoisotopic (exact) mass is 277 g/mol. The smallest absolute Gasteiger partial charge is 0.122 e. The van der Waals surface area contributed by atoms with Crippen molar-refractivity contribution in [2.75, 3.05) is 0 Å². The first-order valence-corrected chi connectivity index (χ1v) is 7.04. The number of nitrogens with one attached hydrogen (secondary N) is 1. The van der Waals surface area contributed by atoms with Gasteiger partial charge >= 0.3 is 0 Å². The lowest BCUT2D eigenvalue weighted by Crippen LogP contribution is -2.28. The quantitative estimate of drug-likeness (QED) is 0.878. The molecule has 102 valence electrons. The minimum atomic E-state index is 0.406. The molecule has 0 radical (unpaired) electrons. The summed E-state index contributed by atoms with van der Waals surface area (Å²) in [7, 11) is 0. The van der Waals surface area contributed by atoms with Crippen LogP contribution >= 0.6 is 11.6 Å². The molecule has 0 fully saturated rings. The van der Waals surface area contributed by atoms with Crippen LogP contribution in [0.25, 0.3) is 0 Å². The zero-order valence-corrected chi connectivity index (χ0v) is 12.2. The molecule has 1 unspecified atom stereocenters. The summed E-state index contributed by atoms with van der Waals surface area (Å²) in [6, 6.07) is 8.44. The van der Waals surface area contributed by atoms with Gasteiger partial charge in [-0.25, -0.2) is 4.98 Å². The van der Waals surface area contributed by atoms with Crippen molar-refractivity contribution in [1.82, 2.24) is 14.9 Å². The predicted octanol–water partition coefficient (Wildman–Crippen LogP) is 3.28. The number of imidazole rings is 1. The fraction of sp³-hybridized carbons (Fsp3) is 0.400. The van der Waals surface area contributed by atoms with Gasteiger partial charge in [0, 0.05) is 30.0 Å². The normalized spacial score (nSPS) is 12.6. The van der Waals surface area contributed by atoms with E-state index in [1.165, 1.54) is 5.56 Å². The van der Waals surface area contributed by atoms with E-state index >= 15 is 0 Å². The van der Waals surface area contributed by atoms with Gasteiger partial charge in [0.05, 0.1) is 6.54 Å². The summed E-state index contributed by atoms with van der Waals surface area (Å²) in [5.41, 5.74) is 1.29. The van der Waals surface area contributed by atoms with Crippen LogP contribution in [0.1, 0.15) is 25.2 Å². The van der Waals surface area contributed by atoms with Crippen molar-refractivity contribution >= 4 is 11.6 Å². The number of rotatable bonds is 6. The predicted molar refractivity (Wildman–Crippen MR) is 79.4 cm³/mol. The fourth-order valence-electron chi connectivity index (χ4n) is 2.11. The molecule has 1 aromatic heterocycles. The highest BCUT2D eigenvalue weighted by Gasteiger charge is 2.06. The summed E-state index contributed by atoms with van der Waals surface area (Å²) in [6.45, 7) is 6.08. The highest BCUT2D eigenvalue weighted by atomic mass is 35.5. The van der Waals surface area contributed by atoms with E-state index in [1.54, 1.807) is 0 Å². The van der Waals surface area contributed by atoms with Crippen LogP contribution in [0.15, 0.2) is 36.7 Å². The topological polar surface area (TPSA) is 29.9 Å². The van der Waals surface area contributed by atoms with Gasteiger partial charge in [-0.05, 0) is 38.0 Å². The number of hydrogen-bond acceptors (Lipinski definition) is 2. The molecule has 2 aromatic rings. The van der Waals surface area contributed by atoms with E-state index in [4.69, 9.17) is 11.6 Å². The first-order chi connectivity index (χ1) is 9.19. The summed E-state index contributed by atoms with van der Waals surface area (Å²) >= 11 is 5.88. The summed E-state index contributed by atoms with van der Waals surface area (Å²) in [4.78, 5) is 4.36. The molecule has 4 heteroatoms. The number of aromatic nitrogens is 2. The second-order valence-corrected chi connectivity index (χ2v) is 5.18. The van der Waals surface area contributed by atoms with E-state index in [0.717, 1.165) is 30.4 Å². The molecular formula is C15H20ClN3. The van der Waals surface area contributed by atoms with Gasteiger partial charge in [-0.2, -0.15) is 0 Å². The van der Waals surface area contributed by atoms with Gasteiger partial charge in [0.2, 0.25) is 0 Å². The molecular weight excluding hydrogens is 258 g/mol. The molecule has 0 saturated heterocycles. The Morgan fingerprint density at radius 3 is 2.74 bits per heavy atom. The summed E-state index contributed by atoms with van der Waals surface area (Å²) < 4.78 is 2.15. The third kappa shape index (κ3) is 4.08. The number of halogens is 1. The summed E-state index contributed by atoms with van der Waals surface area (Å²) in [5, 5.41) is 4.29. The van der Waals surface area contributed by atoms with Crippen molar-refractivity contribution in [2.45, 2.75) is 39.4 Å². The van der Waals surface area contributed by atoms with E-state index < -0.39 is 0 Å². The lowest BCUT2D eigenvalue weighted by molar-refractivity contribution is 0.519. The third-order valence-corrected chi connectivity index (χ3v) is 3.46. The molecule has 1 N–H and O–H groups in total. The number of hydrogen-bond donors (Lipinski definition) is 1. The molecule has 0 aliphatic rings. The van der Waals surface area contributed by atoms with Crippen molar-refractivity contribution < 1.29 is 0 Å². The van der Waals surface area contributed by atoms with Gasteiger partial charge in [-0.3, -0.25) is 0 Å². The summed E-state index contributed by atoms with van der Waals surface area (Å²) in [6.07, 6.45) is 4.86. The molecule has 0 aliphatic carbocycles. The molecule has 0 bridgehead atoms. The van der Waals surface area contributed by atoms with Crippen molar-refractivity contribution in [3.8, 4) is 0 Å². The lowest BCUT2D eigenvalue weighted by atomic mass is 10.1. The number of aryl methyl sites for hydroxylation is 1. The number of benzene rings is 1. The van der Waals surface area contributed by atoms with Gasteiger partial charge in [0.25, 0.3) is 0 Å². The Morgan fingerprint density at radius 2 is 2.05 bits per heavy atom. The average Bonchev–Trinajstić information content (AvgIpc) is 2.86. The van der Waals surface area contributed by atoms with Gasteiger partial charge in [-0.1, -0.05) is 23.7 Å². The van der Waals surface area contributed by atoms with Gasteiger partial charge in [0.1, 0.15) is 5.82 Å². The lowest BCUT2D eigenvalue weighted by Gasteiger charge is -2.14. The van der Waals surface area contributed by atoms with E-state index in [9.17, 15) is 0 Å². The SMILES string of the molecule is CCn1ccnc1CNC(C)Cc1ccc(Cl)cc1. The van der Waals surface area contributed by atoms with E-state index in [2.05, 4.69) is 40.8 Å². The highest BCUT2D eigenvalue weighted by molar-refractivity contribution is 6.30. The van der Waals surface area contributed by atoms with Gasteiger partial charge in [-0.15, -0.1) is 0 Å². The zero-order valence-electron chi connectivity index (χ0n) is 11.4. The maximum atomic E-state index is 5.88. The summed E-state index contributed by atoms with van der Waals surface area (Å²) in [5.74, 6) is 1.09. The molecule has 0 spiro atoms. The highest BCUT2D eigenvalue weighted by Crippen LogP contribution is 2.11. The maximum Gasteiger partial charge on any atom is 0.122 e. The Hall–Kier alpha value is -1.32. The first-order valence-electron chi connectivity index (χ1n) is 6.67. The zero-order chi connectivity index (χ0) is 13.7. The number of nitrogens with zero attached hydrogens (tertiary/aromatic N) is 2. The van der Waals surface area contributed by atoms with E-state index in [1.807, 2.05) is 24.5 Å². The first kappa shape index (κ1) is 14.1. The van der Waals surface area contributed by atoms with E-state index in [0.29, 0.717) is 6.04 Å². The standard InChI is InChI=1S/C15H20ClN3/c1-3-19-9-8-17-15(19)11-18-12(2)10-13-4-6-14(16)7-5-13/h4-9,12,18H,3,10-11H2,1-2H3. The van der Waals surface area contributed by atoms with Crippen LogP contribution in [0.2, 0.25) is 5.02 Å². The molecule has 0 saturated carbocycles. The largest absolute Gasteiger partial charge is 0.334 e. The van der Waals surface area contributed by atoms with Crippen LogP contribution in [0, 0.1) is 0 Å².